The fourth-order valence-corrected chi connectivity index (χ4v) is 1.87. The Balaban J connectivity index is 1.86. The van der Waals surface area contributed by atoms with Crippen LogP contribution in [-0.2, 0) is 0 Å². The second-order valence-electron chi connectivity index (χ2n) is 3.30. The van der Waals surface area contributed by atoms with Gasteiger partial charge in [-0.1, -0.05) is 34.5 Å². The van der Waals surface area contributed by atoms with Crippen LogP contribution in [0.25, 0.3) is 0 Å². The Kier molecular flexibility index (Phi) is 3.35. The molecule has 0 aliphatic carbocycles. The zero-order valence-corrected chi connectivity index (χ0v) is 9.50. The molecule has 0 unspecified atom stereocenters. The van der Waals surface area contributed by atoms with Gasteiger partial charge < -0.3 is 9.31 Å². The van der Waals surface area contributed by atoms with Gasteiger partial charge in [0.05, 0.1) is 0 Å². The highest BCUT2D eigenvalue weighted by Crippen LogP contribution is 2.33. The summed E-state index contributed by atoms with van der Waals surface area (Å²) in [6, 6.07) is 7.81. The zero-order chi connectivity index (χ0) is 9.80. The second-order valence-corrected chi connectivity index (χ2v) is 4.09. The maximum Gasteiger partial charge on any atom is 0.594 e. The number of para-hydroxylation sites is 2. The average Bonchev–Trinajstić information content (AvgIpc) is 2.60. The first-order valence-corrected chi connectivity index (χ1v) is 6.00. The van der Waals surface area contributed by atoms with E-state index < -0.39 is 0 Å². The van der Waals surface area contributed by atoms with Crippen molar-refractivity contribution >= 4 is 23.0 Å². The molecule has 0 N–H and O–H groups in total. The first kappa shape index (κ1) is 9.90. The highest BCUT2D eigenvalue weighted by molar-refractivity contribution is 9.09. The monoisotopic (exact) mass is 254 g/mol. The summed E-state index contributed by atoms with van der Waals surface area (Å²) in [6.45, 7) is 0. The summed E-state index contributed by atoms with van der Waals surface area (Å²) in [5.74, 6) is 1.74. The lowest BCUT2D eigenvalue weighted by Crippen LogP contribution is -2.23. The third-order valence-electron chi connectivity index (χ3n) is 2.19. The number of hydrogen-bond donors (Lipinski definition) is 0. The van der Waals surface area contributed by atoms with Gasteiger partial charge in [-0.15, -0.1) is 0 Å². The van der Waals surface area contributed by atoms with Crippen molar-refractivity contribution in [2.24, 2.45) is 0 Å². The van der Waals surface area contributed by atoms with Crippen LogP contribution in [0, 0.1) is 0 Å². The smallest absolute Gasteiger partial charge is 0.523 e. The predicted octanol–water partition coefficient (Wildman–Crippen LogP) is 3.12. The molecule has 1 aliphatic heterocycles. The van der Waals surface area contributed by atoms with Gasteiger partial charge in [0, 0.05) is 11.7 Å². The Morgan fingerprint density at radius 2 is 1.71 bits per heavy atom. The molecule has 14 heavy (non-hydrogen) atoms. The van der Waals surface area contributed by atoms with Gasteiger partial charge >= 0.3 is 7.12 Å². The minimum atomic E-state index is -0.0774. The average molecular weight is 255 g/mol. The fraction of sp³-hybridized carbons (Fsp3) is 0.400. The van der Waals surface area contributed by atoms with Crippen molar-refractivity contribution in [3.63, 3.8) is 0 Å². The van der Waals surface area contributed by atoms with Gasteiger partial charge in [0.2, 0.25) is 0 Å². The summed E-state index contributed by atoms with van der Waals surface area (Å²) in [4.78, 5) is 0. The molecule has 0 aromatic heterocycles. The molecule has 1 aromatic rings. The van der Waals surface area contributed by atoms with E-state index >= 15 is 0 Å². The van der Waals surface area contributed by atoms with E-state index in [-0.39, 0.29) is 7.12 Å². The van der Waals surface area contributed by atoms with Crippen LogP contribution in [0.2, 0.25) is 6.32 Å². The summed E-state index contributed by atoms with van der Waals surface area (Å²) in [6.07, 6.45) is 3.25. The highest BCUT2D eigenvalue weighted by atomic mass is 79.9. The van der Waals surface area contributed by atoms with Crippen molar-refractivity contribution in [2.45, 2.75) is 19.2 Å². The molecule has 0 radical (unpaired) electrons. The molecular weight excluding hydrogens is 243 g/mol. The predicted molar refractivity (Wildman–Crippen MR) is 61.3 cm³/mol. The number of unbranched alkanes of at least 4 members (excludes halogenated alkanes) is 1. The maximum atomic E-state index is 5.62. The molecule has 74 valence electrons. The highest BCUT2D eigenvalue weighted by Gasteiger charge is 2.30. The van der Waals surface area contributed by atoms with Crippen molar-refractivity contribution in [1.82, 2.24) is 0 Å². The molecule has 0 saturated heterocycles. The Morgan fingerprint density at radius 3 is 2.29 bits per heavy atom. The molecule has 1 aromatic carbocycles. The molecule has 1 aliphatic rings. The standard InChI is InChI=1S/C10H12BBrO2/c12-8-4-3-7-11-13-9-5-1-2-6-10(9)14-11/h1-2,5-6H,3-4,7-8H2. The molecule has 0 saturated carbocycles. The molecule has 0 amide bonds. The molecule has 2 nitrogen and oxygen atoms in total. The van der Waals surface area contributed by atoms with Crippen LogP contribution in [-0.4, -0.2) is 12.4 Å². The molecule has 4 heteroatoms. The summed E-state index contributed by atoms with van der Waals surface area (Å²) in [7, 11) is -0.0774. The van der Waals surface area contributed by atoms with Gasteiger partial charge in [0.25, 0.3) is 0 Å². The van der Waals surface area contributed by atoms with Crippen LogP contribution in [0.4, 0.5) is 0 Å². The molecule has 2 rings (SSSR count). The van der Waals surface area contributed by atoms with E-state index in [0.29, 0.717) is 0 Å². The molecule has 0 atom stereocenters. The third kappa shape index (κ3) is 2.24. The van der Waals surface area contributed by atoms with E-state index in [4.69, 9.17) is 9.31 Å². The SMILES string of the molecule is BrCCCCB1Oc2ccccc2O1. The largest absolute Gasteiger partial charge is 0.594 e. The third-order valence-corrected chi connectivity index (χ3v) is 2.75. The first-order valence-electron chi connectivity index (χ1n) is 4.88. The van der Waals surface area contributed by atoms with Crippen molar-refractivity contribution < 1.29 is 9.31 Å². The van der Waals surface area contributed by atoms with Gasteiger partial charge in [-0.25, -0.2) is 0 Å². The van der Waals surface area contributed by atoms with Crippen LogP contribution < -0.4 is 9.31 Å². The van der Waals surface area contributed by atoms with Crippen molar-refractivity contribution in [2.75, 3.05) is 5.33 Å². The van der Waals surface area contributed by atoms with Crippen LogP contribution >= 0.6 is 15.9 Å². The lowest BCUT2D eigenvalue weighted by atomic mass is 9.83. The van der Waals surface area contributed by atoms with Gasteiger partial charge in [-0.2, -0.15) is 0 Å². The minimum Gasteiger partial charge on any atom is -0.523 e. The van der Waals surface area contributed by atoms with Crippen LogP contribution in [0.1, 0.15) is 12.8 Å². The molecule has 0 bridgehead atoms. The van der Waals surface area contributed by atoms with Gasteiger partial charge in [-0.3, -0.25) is 0 Å². The lowest BCUT2D eigenvalue weighted by molar-refractivity contribution is 0.492. The number of halogens is 1. The van der Waals surface area contributed by atoms with E-state index in [1.807, 2.05) is 24.3 Å². The van der Waals surface area contributed by atoms with Gasteiger partial charge in [-0.05, 0) is 18.6 Å². The molecule has 0 fully saturated rings. The first-order chi connectivity index (χ1) is 6.90. The summed E-state index contributed by atoms with van der Waals surface area (Å²) < 4.78 is 11.2. The van der Waals surface area contributed by atoms with Crippen LogP contribution in [0.15, 0.2) is 24.3 Å². The Bertz CT molecular complexity index is 281. The molecule has 1 heterocycles. The number of alkyl halides is 1. The Labute approximate surface area is 92.9 Å². The summed E-state index contributed by atoms with van der Waals surface area (Å²) >= 11 is 3.41. The minimum absolute atomic E-state index is 0.0774. The lowest BCUT2D eigenvalue weighted by Gasteiger charge is -2.02. The number of fused-ring (bicyclic) bond motifs is 1. The van der Waals surface area contributed by atoms with Crippen LogP contribution in [0.5, 0.6) is 11.5 Å². The second kappa shape index (κ2) is 4.74. The molecule has 0 spiro atoms. The Morgan fingerprint density at radius 1 is 1.07 bits per heavy atom. The summed E-state index contributed by atoms with van der Waals surface area (Å²) in [5.41, 5.74) is 0. The topological polar surface area (TPSA) is 18.5 Å². The Hall–Kier alpha value is -0.635. The van der Waals surface area contributed by atoms with Crippen molar-refractivity contribution in [3.8, 4) is 11.5 Å². The maximum absolute atomic E-state index is 5.62. The van der Waals surface area contributed by atoms with Gasteiger partial charge in [0.1, 0.15) is 11.5 Å². The summed E-state index contributed by atoms with van der Waals surface area (Å²) in [5, 5.41) is 1.05. The van der Waals surface area contributed by atoms with E-state index in [9.17, 15) is 0 Å². The van der Waals surface area contributed by atoms with E-state index in [0.717, 1.165) is 29.6 Å². The van der Waals surface area contributed by atoms with E-state index in [1.165, 1.54) is 6.42 Å². The normalized spacial score (nSPS) is 13.4. The quantitative estimate of drug-likeness (QED) is 0.467. The van der Waals surface area contributed by atoms with Gasteiger partial charge in [0.15, 0.2) is 0 Å². The number of rotatable bonds is 4. The van der Waals surface area contributed by atoms with Crippen molar-refractivity contribution in [1.29, 1.82) is 0 Å². The van der Waals surface area contributed by atoms with Crippen molar-refractivity contribution in [3.05, 3.63) is 24.3 Å². The number of benzene rings is 1. The zero-order valence-electron chi connectivity index (χ0n) is 7.91. The fourth-order valence-electron chi connectivity index (χ4n) is 1.48. The van der Waals surface area contributed by atoms with E-state index in [2.05, 4.69) is 15.9 Å². The van der Waals surface area contributed by atoms with Crippen LogP contribution in [0.3, 0.4) is 0 Å². The molecular formula is C10H12BBrO2. The van der Waals surface area contributed by atoms with E-state index in [1.54, 1.807) is 0 Å². The number of hydrogen-bond acceptors (Lipinski definition) is 2.